The van der Waals surface area contributed by atoms with Crippen LogP contribution in [0.5, 0.6) is 5.75 Å². The fourth-order valence-electron chi connectivity index (χ4n) is 4.75. The van der Waals surface area contributed by atoms with E-state index in [9.17, 15) is 8.42 Å². The van der Waals surface area contributed by atoms with Crippen molar-refractivity contribution in [1.82, 2.24) is 9.62 Å². The van der Waals surface area contributed by atoms with Crippen molar-refractivity contribution in [1.29, 1.82) is 0 Å². The van der Waals surface area contributed by atoms with Crippen molar-refractivity contribution in [2.24, 2.45) is 0 Å². The molecule has 1 heterocycles. The van der Waals surface area contributed by atoms with E-state index < -0.39 is 10.0 Å². The summed E-state index contributed by atoms with van der Waals surface area (Å²) in [6, 6.07) is 14.6. The molecule has 1 aliphatic carbocycles. The van der Waals surface area contributed by atoms with Gasteiger partial charge in [0.2, 0.25) is 10.0 Å². The molecule has 6 nitrogen and oxygen atoms in total. The zero-order chi connectivity index (χ0) is 21.8. The largest absolute Gasteiger partial charge is 0.495 e. The molecule has 0 aromatic heterocycles. The first-order chi connectivity index (χ1) is 15.0. The summed E-state index contributed by atoms with van der Waals surface area (Å²) in [6.45, 7) is 3.60. The number of methoxy groups -OCH3 is 1. The number of nitrogens with zero attached hydrogens (tertiary/aromatic N) is 2. The van der Waals surface area contributed by atoms with Gasteiger partial charge in [-0.15, -0.1) is 0 Å². The summed E-state index contributed by atoms with van der Waals surface area (Å²) in [5.41, 5.74) is 1.12. The Labute approximate surface area is 190 Å². The average Bonchev–Trinajstić information content (AvgIpc) is 2.79. The Balaban J connectivity index is 1.43. The third-order valence-electron chi connectivity index (χ3n) is 6.37. The summed E-state index contributed by atoms with van der Waals surface area (Å²) in [5, 5.41) is 0.530. The zero-order valence-electron chi connectivity index (χ0n) is 17.8. The van der Waals surface area contributed by atoms with E-state index in [0.29, 0.717) is 5.02 Å². The lowest BCUT2D eigenvalue weighted by Crippen LogP contribution is -2.58. The van der Waals surface area contributed by atoms with Crippen molar-refractivity contribution >= 4 is 27.3 Å². The first-order valence-corrected chi connectivity index (χ1v) is 12.7. The van der Waals surface area contributed by atoms with E-state index in [2.05, 4.69) is 20.6 Å². The van der Waals surface area contributed by atoms with Crippen LogP contribution in [0.3, 0.4) is 0 Å². The molecule has 8 heteroatoms. The Morgan fingerprint density at radius 1 is 0.968 bits per heavy atom. The molecule has 2 atom stereocenters. The van der Waals surface area contributed by atoms with Crippen LogP contribution >= 0.6 is 11.6 Å². The van der Waals surface area contributed by atoms with Gasteiger partial charge in [-0.05, 0) is 49.2 Å². The quantitative estimate of drug-likeness (QED) is 0.706. The van der Waals surface area contributed by atoms with Crippen LogP contribution in [0.15, 0.2) is 53.4 Å². The van der Waals surface area contributed by atoms with Gasteiger partial charge in [0.15, 0.2) is 0 Å². The number of hydrogen-bond acceptors (Lipinski definition) is 5. The highest BCUT2D eigenvalue weighted by atomic mass is 35.5. The fraction of sp³-hybridized carbons (Fsp3) is 0.478. The van der Waals surface area contributed by atoms with Gasteiger partial charge in [0.1, 0.15) is 5.75 Å². The molecular weight excluding hydrogens is 434 g/mol. The lowest BCUT2D eigenvalue weighted by atomic mass is 9.89. The van der Waals surface area contributed by atoms with E-state index in [0.717, 1.165) is 63.3 Å². The summed E-state index contributed by atoms with van der Waals surface area (Å²) in [7, 11) is -1.87. The maximum Gasteiger partial charge on any atom is 0.240 e. The SMILES string of the molecule is COc1ccccc1N1CCN([C@@H]2CCCC[C@@H]2NS(=O)(=O)c2ccc(Cl)cc2)CC1. The number of anilines is 1. The molecule has 1 saturated carbocycles. The number of nitrogens with one attached hydrogen (secondary N) is 1. The first-order valence-electron chi connectivity index (χ1n) is 10.9. The second-order valence-corrected chi connectivity index (χ2v) is 10.4. The van der Waals surface area contributed by atoms with Crippen LogP contribution in [-0.4, -0.2) is 58.7 Å². The third-order valence-corrected chi connectivity index (χ3v) is 8.13. The lowest BCUT2D eigenvalue weighted by Gasteiger charge is -2.44. The van der Waals surface area contributed by atoms with E-state index in [4.69, 9.17) is 16.3 Å². The molecule has 31 heavy (non-hydrogen) atoms. The zero-order valence-corrected chi connectivity index (χ0v) is 19.4. The van der Waals surface area contributed by atoms with Gasteiger partial charge in [-0.2, -0.15) is 0 Å². The Morgan fingerprint density at radius 3 is 2.35 bits per heavy atom. The second-order valence-electron chi connectivity index (χ2n) is 8.23. The molecule has 0 radical (unpaired) electrons. The Kier molecular flexibility index (Phi) is 7.06. The summed E-state index contributed by atoms with van der Waals surface area (Å²) in [6.07, 6.45) is 4.06. The van der Waals surface area contributed by atoms with E-state index in [1.165, 1.54) is 0 Å². The van der Waals surface area contributed by atoms with Crippen LogP contribution in [0.2, 0.25) is 5.02 Å². The molecule has 1 saturated heterocycles. The molecular formula is C23H30ClN3O3S. The minimum absolute atomic E-state index is 0.0766. The van der Waals surface area contributed by atoms with Crippen LogP contribution < -0.4 is 14.4 Å². The highest BCUT2D eigenvalue weighted by molar-refractivity contribution is 7.89. The van der Waals surface area contributed by atoms with Gasteiger partial charge in [-0.3, -0.25) is 4.90 Å². The lowest BCUT2D eigenvalue weighted by molar-refractivity contribution is 0.124. The predicted molar refractivity (Wildman–Crippen MR) is 125 cm³/mol. The minimum atomic E-state index is -3.57. The van der Waals surface area contributed by atoms with Gasteiger partial charge in [0.25, 0.3) is 0 Å². The Hall–Kier alpha value is -1.80. The van der Waals surface area contributed by atoms with Gasteiger partial charge in [0.05, 0.1) is 17.7 Å². The molecule has 168 valence electrons. The number of hydrogen-bond donors (Lipinski definition) is 1. The topological polar surface area (TPSA) is 61.9 Å². The molecule has 0 unspecified atom stereocenters. The minimum Gasteiger partial charge on any atom is -0.495 e. The number of rotatable bonds is 6. The predicted octanol–water partition coefficient (Wildman–Crippen LogP) is 3.76. The maximum atomic E-state index is 13.0. The van der Waals surface area contributed by atoms with Crippen molar-refractivity contribution in [2.45, 2.75) is 42.7 Å². The summed E-state index contributed by atoms with van der Waals surface area (Å²) in [5.74, 6) is 0.891. The monoisotopic (exact) mass is 463 g/mol. The number of ether oxygens (including phenoxy) is 1. The molecule has 2 aliphatic rings. The van der Waals surface area contributed by atoms with Crippen LogP contribution in [-0.2, 0) is 10.0 Å². The van der Waals surface area contributed by atoms with E-state index in [-0.39, 0.29) is 17.0 Å². The van der Waals surface area contributed by atoms with Gasteiger partial charge in [-0.25, -0.2) is 13.1 Å². The second kappa shape index (κ2) is 9.77. The van der Waals surface area contributed by atoms with Crippen LogP contribution in [0.25, 0.3) is 0 Å². The van der Waals surface area contributed by atoms with E-state index in [1.807, 2.05) is 18.2 Å². The van der Waals surface area contributed by atoms with Crippen molar-refractivity contribution < 1.29 is 13.2 Å². The summed E-state index contributed by atoms with van der Waals surface area (Å²) < 4.78 is 34.4. The summed E-state index contributed by atoms with van der Waals surface area (Å²) >= 11 is 5.92. The van der Waals surface area contributed by atoms with Gasteiger partial charge in [0, 0.05) is 43.3 Å². The molecule has 1 aliphatic heterocycles. The van der Waals surface area contributed by atoms with Crippen LogP contribution in [0, 0.1) is 0 Å². The highest BCUT2D eigenvalue weighted by Gasteiger charge is 2.35. The van der Waals surface area contributed by atoms with Crippen LogP contribution in [0.1, 0.15) is 25.7 Å². The molecule has 1 N–H and O–H groups in total. The standard InChI is InChI=1S/C23H30ClN3O3S/c1-30-23-9-5-4-8-22(23)27-16-14-26(15-17-27)21-7-3-2-6-20(21)25-31(28,29)19-12-10-18(24)11-13-19/h4-5,8-13,20-21,25H,2-3,6-7,14-17H2,1H3/t20-,21+/m0/s1. The molecule has 2 fully saturated rings. The Bertz CT molecular complexity index is 976. The number of benzene rings is 2. The van der Waals surface area contributed by atoms with Crippen LogP contribution in [0.4, 0.5) is 5.69 Å². The molecule has 4 rings (SSSR count). The number of sulfonamides is 1. The summed E-state index contributed by atoms with van der Waals surface area (Å²) in [4.78, 5) is 5.08. The number of halogens is 1. The van der Waals surface area contributed by atoms with Crippen molar-refractivity contribution in [2.75, 3.05) is 38.2 Å². The maximum absolute atomic E-state index is 13.0. The highest BCUT2D eigenvalue weighted by Crippen LogP contribution is 2.30. The molecule has 2 aromatic rings. The number of piperazine rings is 1. The van der Waals surface area contributed by atoms with Crippen molar-refractivity contribution in [3.8, 4) is 5.75 Å². The van der Waals surface area contributed by atoms with Gasteiger partial charge in [-0.1, -0.05) is 36.6 Å². The third kappa shape index (κ3) is 5.17. The fourth-order valence-corrected chi connectivity index (χ4v) is 6.18. The molecule has 0 bridgehead atoms. The normalized spacial score (nSPS) is 23.0. The van der Waals surface area contributed by atoms with E-state index >= 15 is 0 Å². The number of para-hydroxylation sites is 2. The molecule has 0 spiro atoms. The first kappa shape index (κ1) is 22.4. The Morgan fingerprint density at radius 2 is 1.65 bits per heavy atom. The van der Waals surface area contributed by atoms with E-state index in [1.54, 1.807) is 31.4 Å². The smallest absolute Gasteiger partial charge is 0.240 e. The van der Waals surface area contributed by atoms with Gasteiger partial charge < -0.3 is 9.64 Å². The van der Waals surface area contributed by atoms with Crippen molar-refractivity contribution in [3.05, 3.63) is 53.6 Å². The molecule has 2 aromatic carbocycles. The van der Waals surface area contributed by atoms with Crippen molar-refractivity contribution in [3.63, 3.8) is 0 Å². The average molecular weight is 464 g/mol. The molecule has 0 amide bonds. The van der Waals surface area contributed by atoms with Gasteiger partial charge >= 0.3 is 0 Å².